The minimum Gasteiger partial charge on any atom is -0.480 e. The van der Waals surface area contributed by atoms with Crippen molar-refractivity contribution in [3.8, 4) is 0 Å². The van der Waals surface area contributed by atoms with Crippen LogP contribution in [0.1, 0.15) is 201 Å². The molecule has 0 aliphatic heterocycles. The van der Waals surface area contributed by atoms with Crippen molar-refractivity contribution in [3.05, 3.63) is 24.3 Å². The Morgan fingerprint density at radius 1 is 0.553 bits per heavy atom. The molecule has 0 radical (unpaired) electrons. The van der Waals surface area contributed by atoms with E-state index in [0.29, 0.717) is 12.8 Å². The lowest BCUT2D eigenvalue weighted by Crippen LogP contribution is -2.50. The molecular formula is C42H77NO4. The molecule has 0 aromatic heterocycles. The van der Waals surface area contributed by atoms with E-state index >= 15 is 0 Å². The first-order valence-electron chi connectivity index (χ1n) is 20.1. The maximum atomic E-state index is 13.3. The van der Waals surface area contributed by atoms with E-state index in [1.807, 2.05) is 0 Å². The van der Waals surface area contributed by atoms with E-state index in [1.165, 1.54) is 103 Å². The van der Waals surface area contributed by atoms with Crippen molar-refractivity contribution in [2.24, 2.45) is 11.3 Å². The van der Waals surface area contributed by atoms with Gasteiger partial charge in [0.15, 0.2) is 5.78 Å². The molecule has 47 heavy (non-hydrogen) atoms. The number of carboxylic acid groups (broad SMARTS) is 1. The summed E-state index contributed by atoms with van der Waals surface area (Å²) in [7, 11) is 1.72. The van der Waals surface area contributed by atoms with Crippen molar-refractivity contribution in [3.63, 3.8) is 0 Å². The lowest BCUT2D eigenvalue weighted by atomic mass is 9.69. The SMILES string of the molecule is CCCCCCCC/C=C\CCCCCCCC(=O)C(CNC)C(C)(C(=O)O)C(=O)CCCCCCC/C=C\CCCCCCCC. The summed E-state index contributed by atoms with van der Waals surface area (Å²) in [6.45, 7) is 6.20. The van der Waals surface area contributed by atoms with Gasteiger partial charge >= 0.3 is 5.97 Å². The molecule has 5 nitrogen and oxygen atoms in total. The van der Waals surface area contributed by atoms with Crippen molar-refractivity contribution in [1.29, 1.82) is 0 Å². The molecule has 0 saturated carbocycles. The van der Waals surface area contributed by atoms with E-state index in [4.69, 9.17) is 0 Å². The molecule has 274 valence electrons. The molecule has 0 aliphatic rings. The summed E-state index contributed by atoms with van der Waals surface area (Å²) in [4.78, 5) is 39.0. The standard InChI is InChI=1S/C42H77NO4/c1-5-7-9-11-13-15-17-19-21-23-25-27-29-31-33-35-39(44)38(37-43-4)42(3,41(46)47)40(45)36-34-32-30-28-26-24-22-20-18-16-14-12-10-8-6-2/h19-22,38,43H,5-18,23-37H2,1-4H3,(H,46,47)/b21-19-,22-20-. The van der Waals surface area contributed by atoms with Gasteiger partial charge in [-0.3, -0.25) is 14.4 Å². The van der Waals surface area contributed by atoms with Crippen LogP contribution < -0.4 is 5.32 Å². The second-order valence-electron chi connectivity index (χ2n) is 14.2. The Bertz CT molecular complexity index is 819. The molecule has 0 bridgehead atoms. The highest BCUT2D eigenvalue weighted by molar-refractivity contribution is 6.07. The van der Waals surface area contributed by atoms with Crippen molar-refractivity contribution in [1.82, 2.24) is 5.32 Å². The van der Waals surface area contributed by atoms with Gasteiger partial charge in [-0.25, -0.2) is 0 Å². The molecule has 0 aromatic carbocycles. The quantitative estimate of drug-likeness (QED) is 0.0397. The van der Waals surface area contributed by atoms with Crippen molar-refractivity contribution in [2.75, 3.05) is 13.6 Å². The molecule has 0 aromatic rings. The molecular weight excluding hydrogens is 582 g/mol. The molecule has 0 saturated heterocycles. The van der Waals surface area contributed by atoms with Crippen LogP contribution in [-0.4, -0.2) is 36.2 Å². The molecule has 0 rings (SSSR count). The predicted octanol–water partition coefficient (Wildman–Crippen LogP) is 12.1. The largest absolute Gasteiger partial charge is 0.480 e. The highest BCUT2D eigenvalue weighted by Gasteiger charge is 2.49. The zero-order chi connectivity index (χ0) is 34.9. The van der Waals surface area contributed by atoms with E-state index < -0.39 is 17.3 Å². The molecule has 0 aliphatic carbocycles. The molecule has 0 fully saturated rings. The van der Waals surface area contributed by atoms with Crippen LogP contribution in [0.3, 0.4) is 0 Å². The van der Waals surface area contributed by atoms with Gasteiger partial charge < -0.3 is 10.4 Å². The van der Waals surface area contributed by atoms with E-state index in [9.17, 15) is 19.5 Å². The predicted molar refractivity (Wildman–Crippen MR) is 202 cm³/mol. The smallest absolute Gasteiger partial charge is 0.317 e. The van der Waals surface area contributed by atoms with Crippen LogP contribution in [0.2, 0.25) is 0 Å². The highest BCUT2D eigenvalue weighted by Crippen LogP contribution is 2.33. The van der Waals surface area contributed by atoms with E-state index in [-0.39, 0.29) is 24.5 Å². The van der Waals surface area contributed by atoms with Crippen molar-refractivity contribution in [2.45, 2.75) is 201 Å². The van der Waals surface area contributed by atoms with E-state index in [2.05, 4.69) is 43.5 Å². The van der Waals surface area contributed by atoms with Gasteiger partial charge in [0, 0.05) is 19.4 Å². The molecule has 0 heterocycles. The maximum absolute atomic E-state index is 13.3. The lowest BCUT2D eigenvalue weighted by Gasteiger charge is -2.32. The van der Waals surface area contributed by atoms with E-state index in [0.717, 1.165) is 64.2 Å². The fourth-order valence-corrected chi connectivity index (χ4v) is 6.47. The third-order valence-electron chi connectivity index (χ3n) is 9.87. The van der Waals surface area contributed by atoms with Crippen LogP contribution in [0.5, 0.6) is 0 Å². The number of aliphatic carboxylic acids is 1. The van der Waals surface area contributed by atoms with Gasteiger partial charge in [-0.05, 0) is 78.2 Å². The van der Waals surface area contributed by atoms with Gasteiger partial charge in [0.25, 0.3) is 0 Å². The van der Waals surface area contributed by atoms with Gasteiger partial charge in [0.1, 0.15) is 11.2 Å². The van der Waals surface area contributed by atoms with Gasteiger partial charge in [-0.2, -0.15) is 0 Å². The van der Waals surface area contributed by atoms with Gasteiger partial charge in [-0.1, -0.05) is 141 Å². The third kappa shape index (κ3) is 24.1. The number of allylic oxidation sites excluding steroid dienone is 4. The highest BCUT2D eigenvalue weighted by atomic mass is 16.4. The van der Waals surface area contributed by atoms with Crippen LogP contribution >= 0.6 is 0 Å². The second-order valence-corrected chi connectivity index (χ2v) is 14.2. The number of carbonyl (C=O) groups is 3. The Morgan fingerprint density at radius 3 is 1.26 bits per heavy atom. The summed E-state index contributed by atoms with van der Waals surface area (Å²) < 4.78 is 0. The summed E-state index contributed by atoms with van der Waals surface area (Å²) in [5.74, 6) is -2.41. The molecule has 0 spiro atoms. The monoisotopic (exact) mass is 660 g/mol. The Kier molecular flexibility index (Phi) is 31.6. The number of rotatable bonds is 36. The minimum atomic E-state index is -1.68. The topological polar surface area (TPSA) is 83.5 Å². The molecule has 2 N–H and O–H groups in total. The lowest BCUT2D eigenvalue weighted by molar-refractivity contribution is -0.161. The van der Waals surface area contributed by atoms with Crippen molar-refractivity contribution < 1.29 is 19.5 Å². The first kappa shape index (κ1) is 45.2. The average Bonchev–Trinajstić information content (AvgIpc) is 3.06. The molecule has 2 unspecified atom stereocenters. The normalized spacial score (nSPS) is 13.8. The van der Waals surface area contributed by atoms with Crippen LogP contribution in [0.15, 0.2) is 24.3 Å². The summed E-state index contributed by atoms with van der Waals surface area (Å²) in [5.41, 5.74) is -1.68. The second kappa shape index (κ2) is 32.8. The average molecular weight is 660 g/mol. The fourth-order valence-electron chi connectivity index (χ4n) is 6.47. The summed E-state index contributed by atoms with van der Waals surface area (Å²) in [6, 6.07) is 0. The van der Waals surface area contributed by atoms with E-state index in [1.54, 1.807) is 7.05 Å². The van der Waals surface area contributed by atoms with Crippen LogP contribution in [0.4, 0.5) is 0 Å². The number of hydrogen-bond donors (Lipinski definition) is 2. The summed E-state index contributed by atoms with van der Waals surface area (Å²) in [5, 5.41) is 13.2. The molecule has 5 heteroatoms. The number of unbranched alkanes of at least 4 members (excludes halogenated alkanes) is 22. The van der Waals surface area contributed by atoms with Crippen LogP contribution in [0, 0.1) is 11.3 Å². The Balaban J connectivity index is 4.27. The Labute approximate surface area is 291 Å². The molecule has 0 amide bonds. The number of ketones is 2. The van der Waals surface area contributed by atoms with Crippen LogP contribution in [0.25, 0.3) is 0 Å². The number of Topliss-reactive ketones (excluding diaryl/α,β-unsaturated/α-hetero) is 2. The number of hydrogen-bond acceptors (Lipinski definition) is 4. The Hall–Kier alpha value is -1.75. The van der Waals surface area contributed by atoms with Gasteiger partial charge in [-0.15, -0.1) is 0 Å². The molecule has 2 atom stereocenters. The zero-order valence-corrected chi connectivity index (χ0v) is 31.6. The fraction of sp³-hybridized carbons (Fsp3) is 0.833. The Morgan fingerprint density at radius 2 is 0.894 bits per heavy atom. The number of carboxylic acids is 1. The summed E-state index contributed by atoms with van der Waals surface area (Å²) >= 11 is 0. The summed E-state index contributed by atoms with van der Waals surface area (Å²) in [6.07, 6.45) is 40.6. The maximum Gasteiger partial charge on any atom is 0.317 e. The number of nitrogens with one attached hydrogen (secondary N) is 1. The van der Waals surface area contributed by atoms with Crippen LogP contribution in [-0.2, 0) is 14.4 Å². The zero-order valence-electron chi connectivity index (χ0n) is 31.6. The first-order chi connectivity index (χ1) is 22.9. The third-order valence-corrected chi connectivity index (χ3v) is 9.87. The van der Waals surface area contributed by atoms with Gasteiger partial charge in [0.2, 0.25) is 0 Å². The van der Waals surface area contributed by atoms with Crippen molar-refractivity contribution >= 4 is 17.5 Å². The first-order valence-corrected chi connectivity index (χ1v) is 20.1. The number of carbonyl (C=O) groups excluding carboxylic acids is 2. The minimum absolute atomic E-state index is 0.0974. The van der Waals surface area contributed by atoms with Gasteiger partial charge in [0.05, 0.1) is 5.92 Å².